The van der Waals surface area contributed by atoms with E-state index < -0.39 is 0 Å². The van der Waals surface area contributed by atoms with Crippen LogP contribution in [0.15, 0.2) is 18.2 Å². The molecule has 2 heteroatoms. The highest BCUT2D eigenvalue weighted by Gasteiger charge is 2.14. The third kappa shape index (κ3) is 1.36. The Hall–Kier alpha value is -0.500. The van der Waals surface area contributed by atoms with Gasteiger partial charge in [0.05, 0.1) is 0 Å². The summed E-state index contributed by atoms with van der Waals surface area (Å²) in [6.07, 6.45) is 3.67. The molecule has 0 bridgehead atoms. The summed E-state index contributed by atoms with van der Waals surface area (Å²) in [6, 6.07) is 6.32. The first-order valence-electron chi connectivity index (χ1n) is 4.21. The van der Waals surface area contributed by atoms with Gasteiger partial charge in [-0.3, -0.25) is 0 Å². The van der Waals surface area contributed by atoms with Crippen molar-refractivity contribution in [3.63, 3.8) is 0 Å². The molecule has 0 atom stereocenters. The molecular weight excluding hydrogens is 216 g/mol. The molecule has 1 aromatic rings. The van der Waals surface area contributed by atoms with E-state index in [-0.39, 0.29) is 0 Å². The van der Waals surface area contributed by atoms with E-state index in [1.165, 1.54) is 30.4 Å². The van der Waals surface area contributed by atoms with Crippen LogP contribution in [0.25, 0.3) is 0 Å². The maximum Gasteiger partial charge on any atom is 0.143 e. The van der Waals surface area contributed by atoms with Crippen molar-refractivity contribution in [2.24, 2.45) is 0 Å². The SMILES string of the molecule is BrCOc1cccc2c1CCC2. The van der Waals surface area contributed by atoms with Crippen LogP contribution in [0, 0.1) is 0 Å². The van der Waals surface area contributed by atoms with Crippen LogP contribution in [0.3, 0.4) is 0 Å². The van der Waals surface area contributed by atoms with E-state index in [0.29, 0.717) is 5.52 Å². The maximum absolute atomic E-state index is 5.47. The molecule has 12 heavy (non-hydrogen) atoms. The minimum Gasteiger partial charge on any atom is -0.482 e. The van der Waals surface area contributed by atoms with Crippen LogP contribution >= 0.6 is 15.9 Å². The number of aryl methyl sites for hydroxylation is 1. The van der Waals surface area contributed by atoms with Gasteiger partial charge in [0, 0.05) is 0 Å². The summed E-state index contributed by atoms with van der Waals surface area (Å²) >= 11 is 3.27. The van der Waals surface area contributed by atoms with Gasteiger partial charge >= 0.3 is 0 Å². The predicted octanol–water partition coefficient (Wildman–Crippen LogP) is 2.91. The van der Waals surface area contributed by atoms with Crippen LogP contribution in [0.2, 0.25) is 0 Å². The third-order valence-corrected chi connectivity index (χ3v) is 2.54. The Morgan fingerprint density at radius 1 is 1.33 bits per heavy atom. The monoisotopic (exact) mass is 226 g/mol. The number of halogens is 1. The number of benzene rings is 1. The average molecular weight is 227 g/mol. The highest BCUT2D eigenvalue weighted by molar-refractivity contribution is 9.09. The molecule has 2 rings (SSSR count). The van der Waals surface area contributed by atoms with Gasteiger partial charge in [0.25, 0.3) is 0 Å². The van der Waals surface area contributed by atoms with Crippen molar-refractivity contribution in [2.75, 3.05) is 5.52 Å². The molecule has 0 unspecified atom stereocenters. The van der Waals surface area contributed by atoms with E-state index in [0.717, 1.165) is 5.75 Å². The van der Waals surface area contributed by atoms with Crippen molar-refractivity contribution >= 4 is 15.9 Å². The van der Waals surface area contributed by atoms with Crippen molar-refractivity contribution in [3.05, 3.63) is 29.3 Å². The molecule has 0 fully saturated rings. The minimum absolute atomic E-state index is 0.587. The predicted molar refractivity (Wildman–Crippen MR) is 52.9 cm³/mol. The number of fused-ring (bicyclic) bond motifs is 1. The Balaban J connectivity index is 2.36. The fourth-order valence-electron chi connectivity index (χ4n) is 1.78. The number of alkyl halides is 1. The van der Waals surface area contributed by atoms with Crippen LogP contribution in [-0.4, -0.2) is 5.52 Å². The van der Waals surface area contributed by atoms with Crippen molar-refractivity contribution in [3.8, 4) is 5.75 Å². The molecule has 64 valence electrons. The van der Waals surface area contributed by atoms with E-state index >= 15 is 0 Å². The Morgan fingerprint density at radius 2 is 2.25 bits per heavy atom. The second-order valence-corrected chi connectivity index (χ2v) is 3.46. The zero-order valence-corrected chi connectivity index (χ0v) is 8.43. The number of ether oxygens (including phenoxy) is 1. The normalized spacial score (nSPS) is 14.4. The van der Waals surface area contributed by atoms with Crippen molar-refractivity contribution < 1.29 is 4.74 Å². The zero-order valence-electron chi connectivity index (χ0n) is 6.85. The number of rotatable bonds is 2. The topological polar surface area (TPSA) is 9.23 Å². The highest BCUT2D eigenvalue weighted by atomic mass is 79.9. The fourth-order valence-corrected chi connectivity index (χ4v) is 2.03. The number of hydrogen-bond acceptors (Lipinski definition) is 1. The lowest BCUT2D eigenvalue weighted by molar-refractivity contribution is 0.394. The van der Waals surface area contributed by atoms with Gasteiger partial charge in [-0.05, 0) is 52.4 Å². The molecule has 0 aliphatic heterocycles. The Bertz CT molecular complexity index is 283. The van der Waals surface area contributed by atoms with E-state index in [9.17, 15) is 0 Å². The quantitative estimate of drug-likeness (QED) is 0.706. The molecule has 1 aromatic carbocycles. The Kier molecular flexibility index (Phi) is 2.35. The molecule has 0 radical (unpaired) electrons. The molecule has 1 aliphatic rings. The van der Waals surface area contributed by atoms with E-state index in [1.807, 2.05) is 6.07 Å². The van der Waals surface area contributed by atoms with Crippen LogP contribution in [0.5, 0.6) is 5.75 Å². The summed E-state index contributed by atoms with van der Waals surface area (Å²) in [7, 11) is 0. The van der Waals surface area contributed by atoms with Gasteiger partial charge < -0.3 is 4.74 Å². The zero-order chi connectivity index (χ0) is 8.39. The molecule has 1 nitrogen and oxygen atoms in total. The second kappa shape index (κ2) is 3.48. The molecule has 0 aromatic heterocycles. The van der Waals surface area contributed by atoms with Crippen molar-refractivity contribution in [1.82, 2.24) is 0 Å². The Labute approximate surface area is 80.9 Å². The van der Waals surface area contributed by atoms with Gasteiger partial charge in [-0.25, -0.2) is 0 Å². The minimum atomic E-state index is 0.587. The van der Waals surface area contributed by atoms with E-state index in [2.05, 4.69) is 28.1 Å². The fraction of sp³-hybridized carbons (Fsp3) is 0.400. The summed E-state index contributed by atoms with van der Waals surface area (Å²) in [6.45, 7) is 0. The second-order valence-electron chi connectivity index (χ2n) is 3.00. The van der Waals surface area contributed by atoms with Crippen LogP contribution < -0.4 is 4.74 Å². The first kappa shape index (κ1) is 8.11. The largest absolute Gasteiger partial charge is 0.482 e. The average Bonchev–Trinajstić information content (AvgIpc) is 2.53. The summed E-state index contributed by atoms with van der Waals surface area (Å²) < 4.78 is 5.47. The Morgan fingerprint density at radius 3 is 3.08 bits per heavy atom. The van der Waals surface area contributed by atoms with Crippen molar-refractivity contribution in [2.45, 2.75) is 19.3 Å². The van der Waals surface area contributed by atoms with Crippen LogP contribution in [-0.2, 0) is 12.8 Å². The van der Waals surface area contributed by atoms with Gasteiger partial charge in [-0.1, -0.05) is 12.1 Å². The van der Waals surface area contributed by atoms with E-state index in [4.69, 9.17) is 4.74 Å². The summed E-state index contributed by atoms with van der Waals surface area (Å²) in [5.74, 6) is 1.06. The molecule has 0 amide bonds. The first-order chi connectivity index (χ1) is 5.92. The summed E-state index contributed by atoms with van der Waals surface area (Å²) in [5.41, 5.74) is 3.47. The van der Waals surface area contributed by atoms with Gasteiger partial charge in [-0.2, -0.15) is 0 Å². The highest BCUT2D eigenvalue weighted by Crippen LogP contribution is 2.30. The summed E-state index contributed by atoms with van der Waals surface area (Å²) in [5, 5.41) is 0. The molecule has 1 aliphatic carbocycles. The van der Waals surface area contributed by atoms with Crippen LogP contribution in [0.4, 0.5) is 0 Å². The van der Waals surface area contributed by atoms with E-state index in [1.54, 1.807) is 0 Å². The number of hydrogen-bond donors (Lipinski definition) is 0. The standard InChI is InChI=1S/C10H11BrO/c11-7-12-10-6-2-4-8-3-1-5-9(8)10/h2,4,6H,1,3,5,7H2. The lowest BCUT2D eigenvalue weighted by Crippen LogP contribution is -1.93. The lowest BCUT2D eigenvalue weighted by Gasteiger charge is -2.07. The van der Waals surface area contributed by atoms with Gasteiger partial charge in [0.15, 0.2) is 0 Å². The summed E-state index contributed by atoms with van der Waals surface area (Å²) in [4.78, 5) is 0. The van der Waals surface area contributed by atoms with Crippen LogP contribution in [0.1, 0.15) is 17.5 Å². The maximum atomic E-state index is 5.47. The molecule has 0 heterocycles. The van der Waals surface area contributed by atoms with Gasteiger partial charge in [0.2, 0.25) is 0 Å². The smallest absolute Gasteiger partial charge is 0.143 e. The van der Waals surface area contributed by atoms with Crippen molar-refractivity contribution in [1.29, 1.82) is 0 Å². The lowest BCUT2D eigenvalue weighted by atomic mass is 10.1. The molecule has 0 N–H and O–H groups in total. The van der Waals surface area contributed by atoms with Gasteiger partial charge in [-0.15, -0.1) is 0 Å². The first-order valence-corrected chi connectivity index (χ1v) is 5.33. The van der Waals surface area contributed by atoms with Gasteiger partial charge in [0.1, 0.15) is 11.3 Å². The third-order valence-electron chi connectivity index (χ3n) is 2.31. The molecule has 0 spiro atoms. The molecule has 0 saturated heterocycles. The molecular formula is C10H11BrO. The molecule has 0 saturated carbocycles.